The van der Waals surface area contributed by atoms with Gasteiger partial charge in [0.15, 0.2) is 0 Å². The lowest BCUT2D eigenvalue weighted by molar-refractivity contribution is 0.0270. The highest BCUT2D eigenvalue weighted by Gasteiger charge is 2.32. The van der Waals surface area contributed by atoms with E-state index in [0.29, 0.717) is 24.2 Å². The minimum absolute atomic E-state index is 0.0570. The van der Waals surface area contributed by atoms with Gasteiger partial charge in [-0.25, -0.2) is 4.79 Å². The standard InChI is InChI=1S/C27H29N3O3/c1-19-16-29(26(31)24-7-4-6-23(14-24)25-8-5-13-28-15-25)17-20(2)30(19)18-21-9-11-22(12-10-21)27(32)33-3/h4-15,19-20H,16-18H2,1-3H3/t19-,20+. The molecule has 6 nitrogen and oxygen atoms in total. The van der Waals surface area contributed by atoms with Crippen LogP contribution in [0.3, 0.4) is 0 Å². The van der Waals surface area contributed by atoms with E-state index in [1.807, 2.05) is 59.6 Å². The van der Waals surface area contributed by atoms with Crippen molar-refractivity contribution in [3.05, 3.63) is 89.7 Å². The first-order valence-electron chi connectivity index (χ1n) is 11.2. The van der Waals surface area contributed by atoms with E-state index in [4.69, 9.17) is 4.74 Å². The summed E-state index contributed by atoms with van der Waals surface area (Å²) >= 11 is 0. The Labute approximate surface area is 194 Å². The van der Waals surface area contributed by atoms with Gasteiger partial charge in [-0.3, -0.25) is 14.7 Å². The number of carbonyl (C=O) groups is 2. The molecule has 1 fully saturated rings. The van der Waals surface area contributed by atoms with Crippen LogP contribution in [0.2, 0.25) is 0 Å². The molecule has 3 aromatic rings. The predicted molar refractivity (Wildman–Crippen MR) is 128 cm³/mol. The minimum Gasteiger partial charge on any atom is -0.465 e. The highest BCUT2D eigenvalue weighted by molar-refractivity contribution is 5.95. The Morgan fingerprint density at radius 3 is 2.27 bits per heavy atom. The monoisotopic (exact) mass is 443 g/mol. The van der Waals surface area contributed by atoms with Crippen LogP contribution in [0, 0.1) is 0 Å². The normalized spacial score (nSPS) is 18.7. The lowest BCUT2D eigenvalue weighted by atomic mass is 10.0. The van der Waals surface area contributed by atoms with Crippen LogP contribution in [0.4, 0.5) is 0 Å². The zero-order chi connectivity index (χ0) is 23.4. The smallest absolute Gasteiger partial charge is 0.337 e. The van der Waals surface area contributed by atoms with Crippen molar-refractivity contribution in [2.24, 2.45) is 0 Å². The molecule has 1 aliphatic rings. The lowest BCUT2D eigenvalue weighted by Gasteiger charge is -2.44. The zero-order valence-electron chi connectivity index (χ0n) is 19.3. The number of hydrogen-bond donors (Lipinski definition) is 0. The molecule has 0 radical (unpaired) electrons. The van der Waals surface area contributed by atoms with Gasteiger partial charge in [0.2, 0.25) is 0 Å². The van der Waals surface area contributed by atoms with E-state index in [9.17, 15) is 9.59 Å². The number of piperazine rings is 1. The Morgan fingerprint density at radius 2 is 1.64 bits per heavy atom. The maximum Gasteiger partial charge on any atom is 0.337 e. The van der Waals surface area contributed by atoms with Crippen molar-refractivity contribution < 1.29 is 14.3 Å². The van der Waals surface area contributed by atoms with E-state index >= 15 is 0 Å². The number of carbonyl (C=O) groups excluding carboxylic acids is 2. The molecule has 2 aromatic carbocycles. The first kappa shape index (κ1) is 22.7. The van der Waals surface area contributed by atoms with Crippen molar-refractivity contribution in [1.29, 1.82) is 0 Å². The number of esters is 1. The van der Waals surface area contributed by atoms with E-state index < -0.39 is 0 Å². The summed E-state index contributed by atoms with van der Waals surface area (Å²) in [6, 6.07) is 19.6. The Kier molecular flexibility index (Phi) is 6.84. The molecule has 0 saturated carbocycles. The summed E-state index contributed by atoms with van der Waals surface area (Å²) < 4.78 is 4.77. The van der Waals surface area contributed by atoms with E-state index in [-0.39, 0.29) is 24.0 Å². The second kappa shape index (κ2) is 9.96. The predicted octanol–water partition coefficient (Wildman–Crippen LogP) is 4.27. The van der Waals surface area contributed by atoms with Gasteiger partial charge in [0, 0.05) is 55.2 Å². The summed E-state index contributed by atoms with van der Waals surface area (Å²) in [5.74, 6) is -0.274. The molecular weight excluding hydrogens is 414 g/mol. The molecule has 1 saturated heterocycles. The third-order valence-corrected chi connectivity index (χ3v) is 6.23. The van der Waals surface area contributed by atoms with Gasteiger partial charge >= 0.3 is 5.97 Å². The zero-order valence-corrected chi connectivity index (χ0v) is 19.3. The van der Waals surface area contributed by atoms with Crippen LogP contribution in [0.15, 0.2) is 73.1 Å². The fraction of sp³-hybridized carbons (Fsp3) is 0.296. The summed E-state index contributed by atoms with van der Waals surface area (Å²) in [5, 5.41) is 0. The highest BCUT2D eigenvalue weighted by Crippen LogP contribution is 2.23. The maximum atomic E-state index is 13.3. The third-order valence-electron chi connectivity index (χ3n) is 6.23. The largest absolute Gasteiger partial charge is 0.465 e. The molecule has 2 heterocycles. The van der Waals surface area contributed by atoms with Crippen LogP contribution in [0.5, 0.6) is 0 Å². The molecular formula is C27H29N3O3. The SMILES string of the molecule is COC(=O)c1ccc(CN2[C@H](C)CN(C(=O)c3cccc(-c4cccnc4)c3)C[C@@H]2C)cc1. The van der Waals surface area contributed by atoms with Crippen molar-refractivity contribution in [3.8, 4) is 11.1 Å². The van der Waals surface area contributed by atoms with Crippen molar-refractivity contribution in [2.45, 2.75) is 32.5 Å². The first-order valence-corrected chi connectivity index (χ1v) is 11.2. The number of nitrogens with zero attached hydrogens (tertiary/aromatic N) is 3. The summed E-state index contributed by atoms with van der Waals surface area (Å²) in [6.07, 6.45) is 3.55. The number of rotatable bonds is 5. The van der Waals surface area contributed by atoms with E-state index in [1.165, 1.54) is 7.11 Å². The molecule has 0 spiro atoms. The van der Waals surface area contributed by atoms with Crippen LogP contribution in [0.1, 0.15) is 40.1 Å². The van der Waals surface area contributed by atoms with Gasteiger partial charge in [0.1, 0.15) is 0 Å². The highest BCUT2D eigenvalue weighted by atomic mass is 16.5. The van der Waals surface area contributed by atoms with E-state index in [1.54, 1.807) is 18.3 Å². The van der Waals surface area contributed by atoms with Gasteiger partial charge in [-0.15, -0.1) is 0 Å². The number of ether oxygens (including phenoxy) is 1. The van der Waals surface area contributed by atoms with Gasteiger partial charge in [0.05, 0.1) is 12.7 Å². The van der Waals surface area contributed by atoms with Crippen molar-refractivity contribution in [2.75, 3.05) is 20.2 Å². The number of amides is 1. The van der Waals surface area contributed by atoms with Crippen LogP contribution < -0.4 is 0 Å². The van der Waals surface area contributed by atoms with Gasteiger partial charge in [0.25, 0.3) is 5.91 Å². The Balaban J connectivity index is 1.43. The van der Waals surface area contributed by atoms with Gasteiger partial charge < -0.3 is 9.64 Å². The molecule has 0 aliphatic carbocycles. The molecule has 0 unspecified atom stereocenters. The fourth-order valence-electron chi connectivity index (χ4n) is 4.46. The van der Waals surface area contributed by atoms with Gasteiger partial charge in [-0.05, 0) is 55.3 Å². The molecule has 0 bridgehead atoms. The van der Waals surface area contributed by atoms with E-state index in [2.05, 4.69) is 23.7 Å². The molecule has 33 heavy (non-hydrogen) atoms. The summed E-state index contributed by atoms with van der Waals surface area (Å²) in [7, 11) is 1.38. The Morgan fingerprint density at radius 1 is 0.939 bits per heavy atom. The molecule has 1 aliphatic heterocycles. The van der Waals surface area contributed by atoms with Crippen molar-refractivity contribution >= 4 is 11.9 Å². The van der Waals surface area contributed by atoms with Crippen LogP contribution in [-0.2, 0) is 11.3 Å². The number of benzene rings is 2. The van der Waals surface area contributed by atoms with Gasteiger partial charge in [-0.2, -0.15) is 0 Å². The second-order valence-electron chi connectivity index (χ2n) is 8.59. The molecule has 6 heteroatoms. The van der Waals surface area contributed by atoms with Crippen molar-refractivity contribution in [3.63, 3.8) is 0 Å². The quantitative estimate of drug-likeness (QED) is 0.551. The average Bonchev–Trinajstić information content (AvgIpc) is 2.86. The number of methoxy groups -OCH3 is 1. The molecule has 4 rings (SSSR count). The summed E-state index contributed by atoms with van der Waals surface area (Å²) in [5.41, 5.74) is 4.36. The molecule has 1 aromatic heterocycles. The fourth-order valence-corrected chi connectivity index (χ4v) is 4.46. The molecule has 2 atom stereocenters. The molecule has 0 N–H and O–H groups in total. The molecule has 1 amide bonds. The Bertz CT molecular complexity index is 1100. The number of hydrogen-bond acceptors (Lipinski definition) is 5. The first-order chi connectivity index (χ1) is 16.0. The lowest BCUT2D eigenvalue weighted by Crippen LogP contribution is -2.57. The number of pyridine rings is 1. The molecule has 170 valence electrons. The third kappa shape index (κ3) is 5.12. The maximum absolute atomic E-state index is 13.3. The Hall–Kier alpha value is -3.51. The van der Waals surface area contributed by atoms with Crippen LogP contribution in [0.25, 0.3) is 11.1 Å². The van der Waals surface area contributed by atoms with Crippen LogP contribution in [-0.4, -0.2) is 58.9 Å². The summed E-state index contributed by atoms with van der Waals surface area (Å²) in [6.45, 7) is 6.42. The topological polar surface area (TPSA) is 62.7 Å². The van der Waals surface area contributed by atoms with E-state index in [0.717, 1.165) is 23.2 Å². The summed E-state index contributed by atoms with van der Waals surface area (Å²) in [4.78, 5) is 33.5. The number of aromatic nitrogens is 1. The van der Waals surface area contributed by atoms with Crippen LogP contribution >= 0.6 is 0 Å². The average molecular weight is 444 g/mol. The van der Waals surface area contributed by atoms with Gasteiger partial charge in [-0.1, -0.05) is 30.3 Å². The van der Waals surface area contributed by atoms with Crippen molar-refractivity contribution in [1.82, 2.24) is 14.8 Å². The second-order valence-corrected chi connectivity index (χ2v) is 8.59. The minimum atomic E-state index is -0.331.